The first kappa shape index (κ1) is 13.9. The van der Waals surface area contributed by atoms with E-state index in [1.807, 2.05) is 0 Å². The topological polar surface area (TPSA) is 45.7 Å². The molecule has 4 nitrogen and oxygen atoms in total. The van der Waals surface area contributed by atoms with E-state index in [0.717, 1.165) is 25.0 Å². The van der Waals surface area contributed by atoms with E-state index >= 15 is 0 Å². The molecule has 1 heterocycles. The van der Waals surface area contributed by atoms with Gasteiger partial charge in [-0.05, 0) is 42.8 Å². The SMILES string of the molecule is Fc1ccc(/C=N\NC(=S)NC[C@@H]2CCCO2)cc1. The zero-order valence-electron chi connectivity index (χ0n) is 10.4. The first-order chi connectivity index (χ1) is 9.24. The Balaban J connectivity index is 1.69. The minimum absolute atomic E-state index is 0.237. The summed E-state index contributed by atoms with van der Waals surface area (Å²) in [6.07, 6.45) is 3.99. The van der Waals surface area contributed by atoms with Crippen molar-refractivity contribution in [1.82, 2.24) is 10.7 Å². The molecule has 0 bridgehead atoms. The molecule has 2 rings (SSSR count). The summed E-state index contributed by atoms with van der Waals surface area (Å²) in [5, 5.41) is 7.47. The van der Waals surface area contributed by atoms with Crippen LogP contribution in [0.4, 0.5) is 4.39 Å². The predicted molar refractivity (Wildman–Crippen MR) is 76.7 cm³/mol. The van der Waals surface area contributed by atoms with Gasteiger partial charge >= 0.3 is 0 Å². The number of nitrogens with zero attached hydrogens (tertiary/aromatic N) is 1. The molecule has 0 saturated carbocycles. The summed E-state index contributed by atoms with van der Waals surface area (Å²) in [7, 11) is 0. The van der Waals surface area contributed by atoms with Crippen molar-refractivity contribution in [2.75, 3.05) is 13.2 Å². The van der Waals surface area contributed by atoms with Crippen LogP contribution in [0.15, 0.2) is 29.4 Å². The molecule has 1 aliphatic rings. The number of benzene rings is 1. The molecular formula is C13H16FN3OS. The van der Waals surface area contributed by atoms with E-state index in [1.54, 1.807) is 18.3 Å². The Bertz CT molecular complexity index is 444. The van der Waals surface area contributed by atoms with E-state index in [1.165, 1.54) is 12.1 Å². The number of nitrogens with one attached hydrogen (secondary N) is 2. The number of hydrazone groups is 1. The maximum absolute atomic E-state index is 12.7. The fraction of sp³-hybridized carbons (Fsp3) is 0.385. The molecule has 1 aromatic carbocycles. The molecule has 0 spiro atoms. The Kier molecular flexibility index (Phi) is 5.23. The van der Waals surface area contributed by atoms with Crippen LogP contribution in [-0.4, -0.2) is 30.6 Å². The third-order valence-electron chi connectivity index (χ3n) is 2.76. The maximum atomic E-state index is 12.7. The lowest BCUT2D eigenvalue weighted by Crippen LogP contribution is -2.37. The lowest BCUT2D eigenvalue weighted by Gasteiger charge is -2.11. The lowest BCUT2D eigenvalue weighted by molar-refractivity contribution is 0.114. The molecule has 0 aromatic heterocycles. The number of hydrogen-bond acceptors (Lipinski definition) is 3. The summed E-state index contributed by atoms with van der Waals surface area (Å²) in [6.45, 7) is 1.52. The number of halogens is 1. The lowest BCUT2D eigenvalue weighted by atomic mass is 10.2. The molecule has 0 unspecified atom stereocenters. The molecule has 0 amide bonds. The third-order valence-corrected chi connectivity index (χ3v) is 3.00. The van der Waals surface area contributed by atoms with Gasteiger partial charge in [0.1, 0.15) is 5.82 Å². The Morgan fingerprint density at radius 3 is 2.95 bits per heavy atom. The van der Waals surface area contributed by atoms with Gasteiger partial charge in [-0.2, -0.15) is 5.10 Å². The Labute approximate surface area is 117 Å². The van der Waals surface area contributed by atoms with Crippen LogP contribution < -0.4 is 10.7 Å². The van der Waals surface area contributed by atoms with Crippen LogP contribution >= 0.6 is 12.2 Å². The molecule has 19 heavy (non-hydrogen) atoms. The second-order valence-electron chi connectivity index (χ2n) is 4.27. The molecule has 1 saturated heterocycles. The van der Waals surface area contributed by atoms with Gasteiger partial charge in [0.15, 0.2) is 5.11 Å². The van der Waals surface area contributed by atoms with Crippen molar-refractivity contribution >= 4 is 23.5 Å². The predicted octanol–water partition coefficient (Wildman–Crippen LogP) is 1.80. The maximum Gasteiger partial charge on any atom is 0.187 e. The average Bonchev–Trinajstić information content (AvgIpc) is 2.92. The van der Waals surface area contributed by atoms with Crippen molar-refractivity contribution in [1.29, 1.82) is 0 Å². The van der Waals surface area contributed by atoms with Gasteiger partial charge in [-0.3, -0.25) is 5.43 Å². The van der Waals surface area contributed by atoms with Crippen LogP contribution in [0.3, 0.4) is 0 Å². The highest BCUT2D eigenvalue weighted by atomic mass is 32.1. The van der Waals surface area contributed by atoms with Crippen molar-refractivity contribution in [3.8, 4) is 0 Å². The smallest absolute Gasteiger partial charge is 0.187 e. The number of thiocarbonyl (C=S) groups is 1. The van der Waals surface area contributed by atoms with Gasteiger partial charge in [-0.25, -0.2) is 4.39 Å². The van der Waals surface area contributed by atoms with E-state index in [0.29, 0.717) is 11.7 Å². The van der Waals surface area contributed by atoms with E-state index in [2.05, 4.69) is 15.8 Å². The van der Waals surface area contributed by atoms with Gasteiger partial charge in [0.25, 0.3) is 0 Å². The van der Waals surface area contributed by atoms with Crippen molar-refractivity contribution in [2.24, 2.45) is 5.10 Å². The molecule has 1 fully saturated rings. The molecule has 0 radical (unpaired) electrons. The fourth-order valence-corrected chi connectivity index (χ4v) is 1.90. The second kappa shape index (κ2) is 7.16. The number of ether oxygens (including phenoxy) is 1. The standard InChI is InChI=1S/C13H16FN3OS/c14-11-5-3-10(4-6-11)8-16-17-13(19)15-9-12-2-1-7-18-12/h3-6,8,12H,1-2,7,9H2,(H2,15,17,19)/b16-8-/t12-/m0/s1. The zero-order chi connectivity index (χ0) is 13.5. The minimum atomic E-state index is -0.265. The van der Waals surface area contributed by atoms with Crippen molar-refractivity contribution < 1.29 is 9.13 Å². The normalized spacial score (nSPS) is 18.7. The van der Waals surface area contributed by atoms with Gasteiger partial charge in [-0.1, -0.05) is 12.1 Å². The average molecular weight is 281 g/mol. The van der Waals surface area contributed by atoms with Crippen molar-refractivity contribution in [2.45, 2.75) is 18.9 Å². The van der Waals surface area contributed by atoms with E-state index in [4.69, 9.17) is 17.0 Å². The molecule has 1 atom stereocenters. The summed E-state index contributed by atoms with van der Waals surface area (Å²) in [4.78, 5) is 0. The van der Waals surface area contributed by atoms with Gasteiger partial charge in [0.2, 0.25) is 0 Å². The molecule has 2 N–H and O–H groups in total. The molecule has 1 aromatic rings. The first-order valence-corrected chi connectivity index (χ1v) is 6.59. The molecule has 1 aliphatic heterocycles. The first-order valence-electron chi connectivity index (χ1n) is 6.18. The van der Waals surface area contributed by atoms with Crippen LogP contribution in [0.25, 0.3) is 0 Å². The number of rotatable bonds is 4. The Hall–Kier alpha value is -1.53. The fourth-order valence-electron chi connectivity index (χ4n) is 1.77. The zero-order valence-corrected chi connectivity index (χ0v) is 11.3. The van der Waals surface area contributed by atoms with Crippen LogP contribution in [0, 0.1) is 5.82 Å². The Morgan fingerprint density at radius 1 is 1.47 bits per heavy atom. The van der Waals surface area contributed by atoms with Gasteiger partial charge in [0.05, 0.1) is 12.3 Å². The van der Waals surface area contributed by atoms with Gasteiger partial charge in [0, 0.05) is 13.2 Å². The van der Waals surface area contributed by atoms with E-state index in [9.17, 15) is 4.39 Å². The summed E-state index contributed by atoms with van der Waals surface area (Å²) in [5.41, 5.74) is 3.51. The molecular weight excluding hydrogens is 265 g/mol. The van der Waals surface area contributed by atoms with Gasteiger partial charge in [-0.15, -0.1) is 0 Å². The molecule has 0 aliphatic carbocycles. The van der Waals surface area contributed by atoms with Crippen LogP contribution in [0.5, 0.6) is 0 Å². The number of hydrogen-bond donors (Lipinski definition) is 2. The highest BCUT2D eigenvalue weighted by Gasteiger charge is 2.14. The second-order valence-corrected chi connectivity index (χ2v) is 4.67. The van der Waals surface area contributed by atoms with Crippen LogP contribution in [0.2, 0.25) is 0 Å². The summed E-state index contributed by atoms with van der Waals surface area (Å²) in [6, 6.07) is 6.05. The van der Waals surface area contributed by atoms with Crippen LogP contribution in [0.1, 0.15) is 18.4 Å². The van der Waals surface area contributed by atoms with E-state index < -0.39 is 0 Å². The largest absolute Gasteiger partial charge is 0.376 e. The molecule has 6 heteroatoms. The third kappa shape index (κ3) is 4.92. The van der Waals surface area contributed by atoms with Gasteiger partial charge < -0.3 is 10.1 Å². The summed E-state index contributed by atoms with van der Waals surface area (Å²) < 4.78 is 18.1. The van der Waals surface area contributed by atoms with E-state index in [-0.39, 0.29) is 11.9 Å². The van der Waals surface area contributed by atoms with Crippen molar-refractivity contribution in [3.63, 3.8) is 0 Å². The van der Waals surface area contributed by atoms with Crippen LogP contribution in [-0.2, 0) is 4.74 Å². The minimum Gasteiger partial charge on any atom is -0.376 e. The molecule has 102 valence electrons. The quantitative estimate of drug-likeness (QED) is 0.502. The summed E-state index contributed by atoms with van der Waals surface area (Å²) >= 11 is 5.07. The summed E-state index contributed by atoms with van der Waals surface area (Å²) in [5.74, 6) is -0.265. The Morgan fingerprint density at radius 2 is 2.26 bits per heavy atom. The van der Waals surface area contributed by atoms with Crippen molar-refractivity contribution in [3.05, 3.63) is 35.6 Å². The highest BCUT2D eigenvalue weighted by molar-refractivity contribution is 7.80. The highest BCUT2D eigenvalue weighted by Crippen LogP contribution is 2.10. The monoisotopic (exact) mass is 281 g/mol.